The number of amides is 1. The van der Waals surface area contributed by atoms with E-state index < -0.39 is 15.9 Å². The van der Waals surface area contributed by atoms with E-state index in [1.54, 1.807) is 13.8 Å². The molecule has 3 rings (SSSR count). The third kappa shape index (κ3) is 4.42. The number of sulfonamides is 1. The van der Waals surface area contributed by atoms with Gasteiger partial charge in [-0.3, -0.25) is 10.1 Å². The van der Waals surface area contributed by atoms with Crippen LogP contribution in [0.15, 0.2) is 51.8 Å². The maximum absolute atomic E-state index is 12.5. The van der Waals surface area contributed by atoms with E-state index in [0.717, 1.165) is 16.7 Å². The Morgan fingerprint density at radius 2 is 1.70 bits per heavy atom. The minimum atomic E-state index is -3.58. The summed E-state index contributed by atoms with van der Waals surface area (Å²) in [5.74, 6) is -0.166. The quantitative estimate of drug-likeness (QED) is 0.616. The van der Waals surface area contributed by atoms with Gasteiger partial charge in [-0.1, -0.05) is 36.6 Å². The number of nitrogens with zero attached hydrogens (tertiary/aromatic N) is 3. The Morgan fingerprint density at radius 1 is 1.03 bits per heavy atom. The molecule has 30 heavy (non-hydrogen) atoms. The van der Waals surface area contributed by atoms with Crippen LogP contribution in [0, 0.1) is 13.8 Å². The van der Waals surface area contributed by atoms with Crippen molar-refractivity contribution in [1.29, 1.82) is 0 Å². The molecule has 0 saturated heterocycles. The van der Waals surface area contributed by atoms with E-state index in [1.807, 2.05) is 32.0 Å². The van der Waals surface area contributed by atoms with Crippen LogP contribution >= 0.6 is 0 Å². The van der Waals surface area contributed by atoms with Gasteiger partial charge in [0.1, 0.15) is 0 Å². The maximum atomic E-state index is 12.5. The average Bonchev–Trinajstić information content (AvgIpc) is 3.17. The van der Waals surface area contributed by atoms with Crippen LogP contribution in [-0.2, 0) is 10.0 Å². The van der Waals surface area contributed by atoms with E-state index in [4.69, 9.17) is 4.42 Å². The smallest absolute Gasteiger partial charge is 0.322 e. The van der Waals surface area contributed by atoms with Crippen molar-refractivity contribution in [3.8, 4) is 11.5 Å². The number of aromatic nitrogens is 2. The largest absolute Gasteiger partial charge is 0.403 e. The van der Waals surface area contributed by atoms with E-state index >= 15 is 0 Å². The van der Waals surface area contributed by atoms with Gasteiger partial charge in [0.05, 0.1) is 4.90 Å². The first kappa shape index (κ1) is 21.7. The molecule has 8 nitrogen and oxygen atoms in total. The van der Waals surface area contributed by atoms with Crippen molar-refractivity contribution in [1.82, 2.24) is 14.5 Å². The lowest BCUT2D eigenvalue weighted by Crippen LogP contribution is -2.30. The zero-order valence-corrected chi connectivity index (χ0v) is 18.2. The van der Waals surface area contributed by atoms with Crippen molar-refractivity contribution >= 4 is 21.9 Å². The SMILES string of the molecule is CCN(CC)S(=O)(=O)c1ccc(C(=O)Nc2nnc(-c3ccc(C)cc3C)o2)cc1. The average molecular weight is 429 g/mol. The van der Waals surface area contributed by atoms with E-state index in [1.165, 1.54) is 28.6 Å². The lowest BCUT2D eigenvalue weighted by Gasteiger charge is -2.18. The molecule has 0 fully saturated rings. The van der Waals surface area contributed by atoms with Gasteiger partial charge in [-0.2, -0.15) is 4.31 Å². The summed E-state index contributed by atoms with van der Waals surface area (Å²) in [7, 11) is -3.58. The van der Waals surface area contributed by atoms with Crippen molar-refractivity contribution in [3.63, 3.8) is 0 Å². The minimum Gasteiger partial charge on any atom is -0.403 e. The van der Waals surface area contributed by atoms with Crippen LogP contribution < -0.4 is 5.32 Å². The first-order chi connectivity index (χ1) is 14.3. The standard InChI is InChI=1S/C21H24N4O4S/c1-5-25(6-2)30(27,28)17-10-8-16(9-11-17)19(26)22-21-24-23-20(29-21)18-12-7-14(3)13-15(18)4/h7-13H,5-6H2,1-4H3,(H,22,24,26). The lowest BCUT2D eigenvalue weighted by molar-refractivity contribution is 0.102. The molecule has 1 amide bonds. The summed E-state index contributed by atoms with van der Waals surface area (Å²) >= 11 is 0. The van der Waals surface area contributed by atoms with Gasteiger partial charge in [0.25, 0.3) is 5.91 Å². The number of carbonyl (C=O) groups excluding carboxylic acids is 1. The fourth-order valence-electron chi connectivity index (χ4n) is 3.10. The molecule has 0 bridgehead atoms. The van der Waals surface area contributed by atoms with Gasteiger partial charge >= 0.3 is 6.01 Å². The van der Waals surface area contributed by atoms with Crippen LogP contribution in [-0.4, -0.2) is 41.9 Å². The molecular weight excluding hydrogens is 404 g/mol. The fourth-order valence-corrected chi connectivity index (χ4v) is 4.55. The number of aryl methyl sites for hydroxylation is 2. The summed E-state index contributed by atoms with van der Waals surface area (Å²) in [6.07, 6.45) is 0. The van der Waals surface area contributed by atoms with Crippen LogP contribution in [0.5, 0.6) is 0 Å². The number of benzene rings is 2. The lowest BCUT2D eigenvalue weighted by atomic mass is 10.1. The van der Waals surface area contributed by atoms with Gasteiger partial charge in [-0.15, -0.1) is 5.10 Å². The molecule has 0 spiro atoms. The zero-order valence-electron chi connectivity index (χ0n) is 17.3. The highest BCUT2D eigenvalue weighted by molar-refractivity contribution is 7.89. The molecule has 3 aromatic rings. The zero-order chi connectivity index (χ0) is 21.9. The highest BCUT2D eigenvalue weighted by atomic mass is 32.2. The fraction of sp³-hybridized carbons (Fsp3) is 0.286. The molecule has 0 aliphatic heterocycles. The summed E-state index contributed by atoms with van der Waals surface area (Å²) in [6, 6.07) is 11.5. The molecule has 0 radical (unpaired) electrons. The molecule has 158 valence electrons. The first-order valence-electron chi connectivity index (χ1n) is 9.59. The highest BCUT2D eigenvalue weighted by Gasteiger charge is 2.22. The molecular formula is C21H24N4O4S. The molecule has 1 aromatic heterocycles. The van der Waals surface area contributed by atoms with Crippen LogP contribution in [0.25, 0.3) is 11.5 Å². The van der Waals surface area contributed by atoms with Gasteiger partial charge in [0, 0.05) is 24.2 Å². The predicted octanol–water partition coefficient (Wildman–Crippen LogP) is 3.64. The summed E-state index contributed by atoms with van der Waals surface area (Å²) in [5, 5.41) is 10.4. The molecule has 0 saturated carbocycles. The van der Waals surface area contributed by atoms with Crippen molar-refractivity contribution in [2.45, 2.75) is 32.6 Å². The van der Waals surface area contributed by atoms with Crippen molar-refractivity contribution in [3.05, 3.63) is 59.2 Å². The maximum Gasteiger partial charge on any atom is 0.322 e. The van der Waals surface area contributed by atoms with Crippen molar-refractivity contribution in [2.24, 2.45) is 0 Å². The number of rotatable bonds is 7. The topological polar surface area (TPSA) is 105 Å². The minimum absolute atomic E-state index is 0.0326. The Kier molecular flexibility index (Phi) is 6.33. The molecule has 1 N–H and O–H groups in total. The van der Waals surface area contributed by atoms with Crippen LogP contribution in [0.1, 0.15) is 35.3 Å². The van der Waals surface area contributed by atoms with Crippen LogP contribution in [0.2, 0.25) is 0 Å². The Labute approximate surface area is 176 Å². The summed E-state index contributed by atoms with van der Waals surface area (Å²) in [5.41, 5.74) is 3.18. The molecule has 2 aromatic carbocycles. The van der Waals surface area contributed by atoms with Crippen LogP contribution in [0.3, 0.4) is 0 Å². The number of anilines is 1. The van der Waals surface area contributed by atoms with E-state index in [-0.39, 0.29) is 16.5 Å². The second-order valence-corrected chi connectivity index (χ2v) is 8.74. The normalized spacial score (nSPS) is 11.6. The second-order valence-electron chi connectivity index (χ2n) is 6.80. The summed E-state index contributed by atoms with van der Waals surface area (Å²) < 4.78 is 32.0. The number of hydrogen-bond acceptors (Lipinski definition) is 6. The molecule has 0 aliphatic rings. The van der Waals surface area contributed by atoms with E-state index in [2.05, 4.69) is 15.5 Å². The highest BCUT2D eigenvalue weighted by Crippen LogP contribution is 2.24. The third-order valence-corrected chi connectivity index (χ3v) is 6.78. The number of nitrogens with one attached hydrogen (secondary N) is 1. The molecule has 9 heteroatoms. The van der Waals surface area contributed by atoms with Gasteiger partial charge in [-0.25, -0.2) is 8.42 Å². The molecule has 0 unspecified atom stereocenters. The number of carbonyl (C=O) groups is 1. The molecule has 0 aliphatic carbocycles. The monoisotopic (exact) mass is 428 g/mol. The van der Waals surface area contributed by atoms with Gasteiger partial charge in [0.15, 0.2) is 0 Å². The third-order valence-electron chi connectivity index (χ3n) is 4.72. The second kappa shape index (κ2) is 8.76. The van der Waals surface area contributed by atoms with Crippen LogP contribution in [0.4, 0.5) is 6.01 Å². The Hall–Kier alpha value is -3.04. The Balaban J connectivity index is 1.75. The van der Waals surface area contributed by atoms with Crippen molar-refractivity contribution < 1.29 is 17.6 Å². The van der Waals surface area contributed by atoms with E-state index in [0.29, 0.717) is 19.0 Å². The Bertz CT molecular complexity index is 1150. The van der Waals surface area contributed by atoms with E-state index in [9.17, 15) is 13.2 Å². The molecule has 1 heterocycles. The van der Waals surface area contributed by atoms with Gasteiger partial charge in [0.2, 0.25) is 15.9 Å². The summed E-state index contributed by atoms with van der Waals surface area (Å²) in [6.45, 7) is 8.24. The van der Waals surface area contributed by atoms with Crippen molar-refractivity contribution in [2.75, 3.05) is 18.4 Å². The Morgan fingerprint density at radius 3 is 2.30 bits per heavy atom. The molecule has 0 atom stereocenters. The number of hydrogen-bond donors (Lipinski definition) is 1. The predicted molar refractivity (Wildman–Crippen MR) is 114 cm³/mol. The van der Waals surface area contributed by atoms with Gasteiger partial charge in [-0.05, 0) is 49.7 Å². The first-order valence-corrected chi connectivity index (χ1v) is 11.0. The summed E-state index contributed by atoms with van der Waals surface area (Å²) in [4.78, 5) is 12.6. The van der Waals surface area contributed by atoms with Gasteiger partial charge < -0.3 is 4.42 Å².